The quantitative estimate of drug-likeness (QED) is 0.848. The van der Waals surface area contributed by atoms with Crippen LogP contribution in [0.25, 0.3) is 0 Å². The molecule has 88 valence electrons. The maximum absolute atomic E-state index is 13.3. The second-order valence-electron chi connectivity index (χ2n) is 3.99. The molecule has 0 bridgehead atoms. The number of aryl methyl sites for hydroxylation is 1. The lowest BCUT2D eigenvalue weighted by Crippen LogP contribution is -2.00. The zero-order valence-electron chi connectivity index (χ0n) is 9.57. The molecule has 0 unspecified atom stereocenters. The van der Waals surface area contributed by atoms with Crippen LogP contribution in [0.1, 0.15) is 11.1 Å². The topological polar surface area (TPSA) is 32.3 Å². The number of phenols is 1. The molecule has 0 fully saturated rings. The van der Waals surface area contributed by atoms with Gasteiger partial charge >= 0.3 is 0 Å². The van der Waals surface area contributed by atoms with Crippen LogP contribution >= 0.6 is 0 Å². The molecular formula is C14H14FNO. The first-order chi connectivity index (χ1) is 8.15. The van der Waals surface area contributed by atoms with E-state index < -0.39 is 0 Å². The van der Waals surface area contributed by atoms with Crippen LogP contribution in [-0.4, -0.2) is 5.11 Å². The van der Waals surface area contributed by atoms with Crippen LogP contribution in [0.4, 0.5) is 10.1 Å². The molecule has 2 aromatic rings. The smallest absolute Gasteiger partial charge is 0.126 e. The van der Waals surface area contributed by atoms with Crippen molar-refractivity contribution in [2.24, 2.45) is 0 Å². The highest BCUT2D eigenvalue weighted by molar-refractivity contribution is 5.48. The number of anilines is 1. The Kier molecular flexibility index (Phi) is 3.28. The fourth-order valence-electron chi connectivity index (χ4n) is 1.57. The molecule has 2 nitrogen and oxygen atoms in total. The van der Waals surface area contributed by atoms with Crippen molar-refractivity contribution in [2.45, 2.75) is 13.5 Å². The number of rotatable bonds is 3. The molecule has 0 aliphatic carbocycles. The molecule has 2 N–H and O–H groups in total. The first kappa shape index (κ1) is 11.5. The zero-order chi connectivity index (χ0) is 12.3. The maximum atomic E-state index is 13.3. The number of halogens is 1. The summed E-state index contributed by atoms with van der Waals surface area (Å²) in [6, 6.07) is 12.0. The van der Waals surface area contributed by atoms with E-state index in [0.29, 0.717) is 12.1 Å². The number of hydrogen-bond donors (Lipinski definition) is 2. The summed E-state index contributed by atoms with van der Waals surface area (Å²) >= 11 is 0. The molecule has 0 spiro atoms. The fraction of sp³-hybridized carbons (Fsp3) is 0.143. The molecule has 0 saturated carbocycles. The molecule has 0 amide bonds. The highest BCUT2D eigenvalue weighted by Crippen LogP contribution is 2.17. The summed E-state index contributed by atoms with van der Waals surface area (Å²) in [6.07, 6.45) is 0. The third kappa shape index (κ3) is 2.97. The van der Waals surface area contributed by atoms with Gasteiger partial charge in [0.05, 0.1) is 0 Å². The van der Waals surface area contributed by atoms with E-state index in [1.54, 1.807) is 31.2 Å². The van der Waals surface area contributed by atoms with E-state index in [-0.39, 0.29) is 11.6 Å². The third-order valence-corrected chi connectivity index (χ3v) is 2.58. The molecule has 0 atom stereocenters. The van der Waals surface area contributed by atoms with Crippen molar-refractivity contribution in [3.8, 4) is 5.75 Å². The molecule has 0 aromatic heterocycles. The van der Waals surface area contributed by atoms with E-state index in [9.17, 15) is 9.50 Å². The maximum Gasteiger partial charge on any atom is 0.126 e. The molecule has 2 aromatic carbocycles. The number of hydrogen-bond acceptors (Lipinski definition) is 2. The summed E-state index contributed by atoms with van der Waals surface area (Å²) in [4.78, 5) is 0. The molecule has 17 heavy (non-hydrogen) atoms. The van der Waals surface area contributed by atoms with E-state index in [2.05, 4.69) is 5.32 Å². The lowest BCUT2D eigenvalue weighted by Gasteiger charge is -2.07. The van der Waals surface area contributed by atoms with Gasteiger partial charge in [-0.1, -0.05) is 18.2 Å². The van der Waals surface area contributed by atoms with Gasteiger partial charge < -0.3 is 10.4 Å². The minimum Gasteiger partial charge on any atom is -0.508 e. The summed E-state index contributed by atoms with van der Waals surface area (Å²) in [5.41, 5.74) is 2.33. The lowest BCUT2D eigenvalue weighted by atomic mass is 10.1. The van der Waals surface area contributed by atoms with Gasteiger partial charge in [-0.25, -0.2) is 4.39 Å². The van der Waals surface area contributed by atoms with Gasteiger partial charge in [-0.3, -0.25) is 0 Å². The molecule has 0 heterocycles. The van der Waals surface area contributed by atoms with Crippen LogP contribution in [0.15, 0.2) is 42.5 Å². The molecule has 3 heteroatoms. The largest absolute Gasteiger partial charge is 0.508 e. The van der Waals surface area contributed by atoms with Crippen LogP contribution in [0.2, 0.25) is 0 Å². The summed E-state index contributed by atoms with van der Waals surface area (Å²) in [6.45, 7) is 2.27. The number of phenolic OH excluding ortho intramolecular Hbond substituents is 1. The molecule has 0 saturated heterocycles. The van der Waals surface area contributed by atoms with Gasteiger partial charge in [-0.2, -0.15) is 0 Å². The van der Waals surface area contributed by atoms with Crippen molar-refractivity contribution in [2.75, 3.05) is 5.32 Å². The second-order valence-corrected chi connectivity index (χ2v) is 3.99. The van der Waals surface area contributed by atoms with Crippen molar-refractivity contribution in [1.82, 2.24) is 0 Å². The third-order valence-electron chi connectivity index (χ3n) is 2.58. The Morgan fingerprint density at radius 3 is 2.71 bits per heavy atom. The average Bonchev–Trinajstić information content (AvgIpc) is 2.31. The Morgan fingerprint density at radius 2 is 2.00 bits per heavy atom. The van der Waals surface area contributed by atoms with Gasteiger partial charge in [0, 0.05) is 18.3 Å². The van der Waals surface area contributed by atoms with E-state index in [4.69, 9.17) is 0 Å². The Balaban J connectivity index is 2.05. The zero-order valence-corrected chi connectivity index (χ0v) is 9.57. The van der Waals surface area contributed by atoms with Crippen LogP contribution in [0.3, 0.4) is 0 Å². The second kappa shape index (κ2) is 4.87. The van der Waals surface area contributed by atoms with Crippen molar-refractivity contribution < 1.29 is 9.50 Å². The first-order valence-corrected chi connectivity index (χ1v) is 5.43. The molecule has 0 aliphatic rings. The number of aromatic hydroxyl groups is 1. The highest BCUT2D eigenvalue weighted by Gasteiger charge is 1.99. The Bertz CT molecular complexity index is 525. The van der Waals surface area contributed by atoms with Crippen LogP contribution < -0.4 is 5.32 Å². The highest BCUT2D eigenvalue weighted by atomic mass is 19.1. The van der Waals surface area contributed by atoms with Crippen molar-refractivity contribution >= 4 is 5.69 Å². The minimum atomic E-state index is -0.194. The van der Waals surface area contributed by atoms with Gasteiger partial charge in [-0.05, 0) is 36.2 Å². The number of benzene rings is 2. The molecule has 0 aliphatic heterocycles. The SMILES string of the molecule is Cc1ccc(CNc2cccc(O)c2)cc1F. The van der Waals surface area contributed by atoms with E-state index in [1.165, 1.54) is 6.07 Å². The van der Waals surface area contributed by atoms with Gasteiger partial charge in [0.1, 0.15) is 11.6 Å². The van der Waals surface area contributed by atoms with Crippen molar-refractivity contribution in [3.63, 3.8) is 0 Å². The van der Waals surface area contributed by atoms with E-state index in [1.807, 2.05) is 12.1 Å². The van der Waals surface area contributed by atoms with Gasteiger partial charge in [0.25, 0.3) is 0 Å². The fourth-order valence-corrected chi connectivity index (χ4v) is 1.57. The van der Waals surface area contributed by atoms with Gasteiger partial charge in [-0.15, -0.1) is 0 Å². The summed E-state index contributed by atoms with van der Waals surface area (Å²) in [7, 11) is 0. The van der Waals surface area contributed by atoms with Gasteiger partial charge in [0.2, 0.25) is 0 Å². The number of nitrogens with one attached hydrogen (secondary N) is 1. The first-order valence-electron chi connectivity index (χ1n) is 5.43. The normalized spacial score (nSPS) is 10.2. The van der Waals surface area contributed by atoms with Crippen molar-refractivity contribution in [1.29, 1.82) is 0 Å². The molecule has 0 radical (unpaired) electrons. The summed E-state index contributed by atoms with van der Waals surface area (Å²) < 4.78 is 13.3. The molecular weight excluding hydrogens is 217 g/mol. The molecule has 2 rings (SSSR count). The minimum absolute atomic E-state index is 0.194. The van der Waals surface area contributed by atoms with Crippen LogP contribution in [0, 0.1) is 12.7 Å². The lowest BCUT2D eigenvalue weighted by molar-refractivity contribution is 0.475. The Labute approximate surface area is 99.7 Å². The monoisotopic (exact) mass is 231 g/mol. The van der Waals surface area contributed by atoms with Crippen LogP contribution in [0.5, 0.6) is 5.75 Å². The predicted octanol–water partition coefficient (Wildman–Crippen LogP) is 3.45. The summed E-state index contributed by atoms with van der Waals surface area (Å²) in [5.74, 6) is 0.0188. The van der Waals surface area contributed by atoms with Gasteiger partial charge in [0.15, 0.2) is 0 Å². The standard InChI is InChI=1S/C14H14FNO/c1-10-5-6-11(7-14(10)15)9-16-12-3-2-4-13(17)8-12/h2-8,16-17H,9H2,1H3. The van der Waals surface area contributed by atoms with E-state index in [0.717, 1.165) is 11.3 Å². The Morgan fingerprint density at radius 1 is 1.18 bits per heavy atom. The summed E-state index contributed by atoms with van der Waals surface area (Å²) in [5, 5.41) is 12.4. The predicted molar refractivity (Wildman–Crippen MR) is 66.6 cm³/mol. The van der Waals surface area contributed by atoms with E-state index >= 15 is 0 Å². The Hall–Kier alpha value is -2.03. The van der Waals surface area contributed by atoms with Crippen LogP contribution in [-0.2, 0) is 6.54 Å². The van der Waals surface area contributed by atoms with Crippen molar-refractivity contribution in [3.05, 3.63) is 59.4 Å². The average molecular weight is 231 g/mol.